The molecule has 0 spiro atoms. The van der Waals surface area contributed by atoms with Gasteiger partial charge in [-0.1, -0.05) is 121 Å². The third kappa shape index (κ3) is 20.4. The fourth-order valence-corrected chi connectivity index (χ4v) is 11.8. The smallest absolute Gasteiger partial charge is 0.161 e. The van der Waals surface area contributed by atoms with Crippen LogP contribution in [0.5, 0.6) is 23.0 Å². The quantitative estimate of drug-likeness (QED) is 0.0915. The van der Waals surface area contributed by atoms with Gasteiger partial charge in [0.2, 0.25) is 0 Å². The molecule has 0 aromatic heterocycles. The Balaban J connectivity index is 0.000000204. The Morgan fingerprint density at radius 1 is 0.278 bits per heavy atom. The standard InChI is InChI=1S/2C26H29O5P.C6H5.BrH.Pd/c2*1-3-7-22(8-4-1)32(23-9-5-2-6-10-23)24-11-12-25-26(21-24)31-20-18-29-16-14-27-13-15-28-17-19-30-25;1-2-4-6-5-3-1;;/h2*1-12,21H,13-20H2;1-5H;1H;/q;;-1;;+2/p-1. The van der Waals surface area contributed by atoms with E-state index in [-0.39, 0.29) is 0 Å². The Morgan fingerprint density at radius 3 is 0.778 bits per heavy atom. The summed E-state index contributed by atoms with van der Waals surface area (Å²) in [7, 11) is -1.43. The maximum absolute atomic E-state index is 6.10. The molecule has 2 aliphatic rings. The number of ether oxygens (including phenoxy) is 10. The van der Waals surface area contributed by atoms with Crippen molar-refractivity contribution >= 4 is 61.1 Å². The van der Waals surface area contributed by atoms with E-state index in [9.17, 15) is 0 Å². The second-order valence-corrected chi connectivity index (χ2v) is 19.9. The Hall–Kier alpha value is -4.50. The largest absolute Gasteiger partial charge is 0.487 e. The maximum atomic E-state index is 6.10. The molecular weight excluding hydrogens is 1100 g/mol. The van der Waals surface area contributed by atoms with Crippen LogP contribution in [0.3, 0.4) is 0 Å². The van der Waals surface area contributed by atoms with Crippen LogP contribution in [0.2, 0.25) is 0 Å². The van der Waals surface area contributed by atoms with Gasteiger partial charge in [-0.05, 0) is 84.1 Å². The molecule has 0 atom stereocenters. The van der Waals surface area contributed by atoms with Gasteiger partial charge in [0.25, 0.3) is 0 Å². The van der Waals surface area contributed by atoms with Crippen LogP contribution in [0.25, 0.3) is 0 Å². The molecule has 2 heterocycles. The van der Waals surface area contributed by atoms with E-state index in [0.29, 0.717) is 106 Å². The molecule has 0 unspecified atom stereocenters. The van der Waals surface area contributed by atoms with E-state index in [1.54, 1.807) is 0 Å². The van der Waals surface area contributed by atoms with Gasteiger partial charge in [-0.2, -0.15) is 36.4 Å². The molecular formula is C58H63BrO10P2Pd. The number of rotatable bonds is 6. The maximum Gasteiger partial charge on any atom is 0.161 e. The molecule has 7 aromatic rings. The summed E-state index contributed by atoms with van der Waals surface area (Å²) in [5.74, 6) is 2.91. The van der Waals surface area contributed by atoms with E-state index in [1.807, 2.05) is 42.5 Å². The van der Waals surface area contributed by atoms with Gasteiger partial charge in [-0.25, -0.2) is 0 Å². The molecule has 0 saturated heterocycles. The number of benzene rings is 7. The van der Waals surface area contributed by atoms with E-state index in [4.69, 9.17) is 47.4 Å². The molecule has 9 rings (SSSR count). The van der Waals surface area contributed by atoms with Gasteiger partial charge in [0, 0.05) is 0 Å². The first-order valence-corrected chi connectivity index (χ1v) is 30.2. The van der Waals surface area contributed by atoms with Crippen molar-refractivity contribution in [1.82, 2.24) is 0 Å². The van der Waals surface area contributed by atoms with Crippen LogP contribution in [0.1, 0.15) is 0 Å². The van der Waals surface area contributed by atoms with Crippen molar-refractivity contribution in [2.24, 2.45) is 0 Å². The molecule has 0 amide bonds. The number of hydrogen-bond donors (Lipinski definition) is 0. The fraction of sp³-hybridized carbons (Fsp3) is 0.276. The Labute approximate surface area is 445 Å². The van der Waals surface area contributed by atoms with Crippen molar-refractivity contribution in [3.8, 4) is 23.0 Å². The van der Waals surface area contributed by atoms with E-state index >= 15 is 0 Å². The monoisotopic (exact) mass is 1170 g/mol. The molecule has 0 fully saturated rings. The normalized spacial score (nSPS) is 15.1. The summed E-state index contributed by atoms with van der Waals surface area (Å²) >= 11 is 5.35. The number of hydrogen-bond acceptors (Lipinski definition) is 10. The molecule has 0 radical (unpaired) electrons. The molecule has 382 valence electrons. The zero-order valence-electron chi connectivity index (χ0n) is 40.4. The number of fused-ring (bicyclic) bond motifs is 2. The molecule has 0 bridgehead atoms. The first-order chi connectivity index (χ1) is 35.8. The Morgan fingerprint density at radius 2 is 0.528 bits per heavy atom. The first kappa shape index (κ1) is 56.8. The van der Waals surface area contributed by atoms with Crippen molar-refractivity contribution in [2.75, 3.05) is 106 Å². The third-order valence-electron chi connectivity index (χ3n) is 10.5. The molecule has 10 nitrogen and oxygen atoms in total. The zero-order chi connectivity index (χ0) is 49.9. The average molecular weight is 1170 g/mol. The summed E-state index contributed by atoms with van der Waals surface area (Å²) in [5.41, 5.74) is 0. The van der Waals surface area contributed by atoms with Crippen molar-refractivity contribution in [3.05, 3.63) is 194 Å². The van der Waals surface area contributed by atoms with Gasteiger partial charge < -0.3 is 47.4 Å². The minimum atomic E-state index is -0.717. The van der Waals surface area contributed by atoms with E-state index in [0.717, 1.165) is 23.0 Å². The van der Waals surface area contributed by atoms with Crippen LogP contribution in [0, 0.1) is 6.07 Å². The van der Waals surface area contributed by atoms with Crippen molar-refractivity contribution in [3.63, 3.8) is 0 Å². The fourth-order valence-electron chi connectivity index (χ4n) is 7.21. The molecule has 0 N–H and O–H groups in total. The van der Waals surface area contributed by atoms with Crippen LogP contribution in [-0.2, 0) is 45.6 Å². The SMILES string of the molecule is [Br][Pd+].[c-]1ccccc1.c1ccc(P(c2ccccc2)c2ccc3c(c2)OCCOCCOCCOCCO3)cc1.c1ccc(P(c2ccccc2)c2ccc3c(c2)OCCOCCOCCOCCO3)cc1. The minimum Gasteiger partial charge on any atom is -0.487 e. The molecule has 0 saturated carbocycles. The summed E-state index contributed by atoms with van der Waals surface area (Å²) in [4.78, 5) is 0. The zero-order valence-corrected chi connectivity index (χ0v) is 45.3. The van der Waals surface area contributed by atoms with Gasteiger partial charge in [0.15, 0.2) is 23.0 Å². The molecule has 2 aliphatic heterocycles. The second-order valence-electron chi connectivity index (χ2n) is 15.4. The molecule has 14 heteroatoms. The van der Waals surface area contributed by atoms with Crippen molar-refractivity contribution < 1.29 is 64.6 Å². The molecule has 0 aliphatic carbocycles. The van der Waals surface area contributed by atoms with Gasteiger partial charge in [0.05, 0.1) is 79.3 Å². The first-order valence-electron chi connectivity index (χ1n) is 23.9. The van der Waals surface area contributed by atoms with Gasteiger partial charge in [-0.15, -0.1) is 0 Å². The summed E-state index contributed by atoms with van der Waals surface area (Å²) in [6.45, 7) is 8.21. The number of halogens is 1. The summed E-state index contributed by atoms with van der Waals surface area (Å²) < 4.78 is 57.5. The summed E-state index contributed by atoms with van der Waals surface area (Å²) in [5, 5.41) is 7.60. The van der Waals surface area contributed by atoms with Crippen LogP contribution >= 0.6 is 29.3 Å². The van der Waals surface area contributed by atoms with E-state index in [2.05, 4.69) is 182 Å². The van der Waals surface area contributed by atoms with Gasteiger partial charge in [0.1, 0.15) is 26.4 Å². The third-order valence-corrected chi connectivity index (χ3v) is 15.3. The van der Waals surface area contributed by atoms with Crippen LogP contribution in [0.15, 0.2) is 188 Å². The average Bonchev–Trinajstić information content (AvgIpc) is 3.46. The predicted octanol–water partition coefficient (Wildman–Crippen LogP) is 8.86. The van der Waals surface area contributed by atoms with Gasteiger partial charge in [-0.3, -0.25) is 0 Å². The minimum absolute atomic E-state index is 0.449. The van der Waals surface area contributed by atoms with E-state index < -0.39 is 15.8 Å². The summed E-state index contributed by atoms with van der Waals surface area (Å²) in [6, 6.07) is 67.5. The molecule has 72 heavy (non-hydrogen) atoms. The van der Waals surface area contributed by atoms with Crippen LogP contribution < -0.4 is 50.8 Å². The van der Waals surface area contributed by atoms with Gasteiger partial charge >= 0.3 is 30.6 Å². The van der Waals surface area contributed by atoms with Crippen molar-refractivity contribution in [2.45, 2.75) is 0 Å². The molecule has 7 aromatic carbocycles. The summed E-state index contributed by atoms with van der Waals surface area (Å²) in [6.07, 6.45) is 0. The Kier molecular flexibility index (Phi) is 28.1. The Bertz CT molecular complexity index is 2190. The van der Waals surface area contributed by atoms with Crippen LogP contribution in [0.4, 0.5) is 0 Å². The van der Waals surface area contributed by atoms with Crippen molar-refractivity contribution in [1.29, 1.82) is 0 Å². The second kappa shape index (κ2) is 35.6. The topological polar surface area (TPSA) is 92.3 Å². The van der Waals surface area contributed by atoms with E-state index in [1.165, 1.54) is 31.8 Å². The predicted molar refractivity (Wildman–Crippen MR) is 291 cm³/mol. The van der Waals surface area contributed by atoms with Crippen LogP contribution in [-0.4, -0.2) is 106 Å².